The normalized spacial score (nSPS) is 14.2. The smallest absolute Gasteiger partial charge is 0.187 e. The molecule has 5 nitrogen and oxygen atoms in total. The van der Waals surface area contributed by atoms with Gasteiger partial charge in [0, 0.05) is 22.1 Å². The standard InChI is InChI=1S/C20H17BrN4O/c1-13-19(18(26)12-24-8-3-9-24)20-17(10-14(21)11-23-20)25(13)16-6-4-15(22-2)5-7-16/h4-7,10-11H,3,8-9,12H2,1H3. The van der Waals surface area contributed by atoms with Crippen molar-refractivity contribution in [3.63, 3.8) is 0 Å². The van der Waals surface area contributed by atoms with Gasteiger partial charge in [-0.1, -0.05) is 12.1 Å². The first kappa shape index (κ1) is 17.0. The molecule has 3 heterocycles. The minimum absolute atomic E-state index is 0.110. The summed E-state index contributed by atoms with van der Waals surface area (Å²) in [6.07, 6.45) is 2.89. The lowest BCUT2D eigenvalue weighted by atomic mass is 10.1. The number of likely N-dealkylation sites (tertiary alicyclic amines) is 1. The summed E-state index contributed by atoms with van der Waals surface area (Å²) in [6.45, 7) is 11.5. The molecule has 1 aromatic carbocycles. The SMILES string of the molecule is [C-]#[N+]c1ccc(-n2c(C)c(C(=O)CN3CCC3)c3ncc(Br)cc32)cc1. The van der Waals surface area contributed by atoms with Crippen LogP contribution < -0.4 is 0 Å². The molecule has 26 heavy (non-hydrogen) atoms. The highest BCUT2D eigenvalue weighted by Crippen LogP contribution is 2.31. The lowest BCUT2D eigenvalue weighted by molar-refractivity contribution is 0.0876. The fourth-order valence-electron chi connectivity index (χ4n) is 3.42. The molecule has 0 amide bonds. The number of hydrogen-bond donors (Lipinski definition) is 0. The van der Waals surface area contributed by atoms with Gasteiger partial charge in [-0.05, 0) is 60.6 Å². The van der Waals surface area contributed by atoms with Crippen molar-refractivity contribution in [3.8, 4) is 5.69 Å². The number of aromatic nitrogens is 2. The zero-order valence-corrected chi connectivity index (χ0v) is 16.0. The van der Waals surface area contributed by atoms with Crippen LogP contribution in [0.15, 0.2) is 41.0 Å². The highest BCUT2D eigenvalue weighted by molar-refractivity contribution is 9.10. The minimum atomic E-state index is 0.110. The van der Waals surface area contributed by atoms with Gasteiger partial charge < -0.3 is 4.57 Å². The predicted octanol–water partition coefficient (Wildman–Crippen LogP) is 4.54. The van der Waals surface area contributed by atoms with Crippen molar-refractivity contribution < 1.29 is 4.79 Å². The highest BCUT2D eigenvalue weighted by atomic mass is 79.9. The van der Waals surface area contributed by atoms with Crippen molar-refractivity contribution in [2.45, 2.75) is 13.3 Å². The second-order valence-corrected chi connectivity index (χ2v) is 7.41. The average Bonchev–Trinajstić information content (AvgIpc) is 2.89. The molecule has 0 unspecified atom stereocenters. The van der Waals surface area contributed by atoms with E-state index in [1.54, 1.807) is 18.3 Å². The number of rotatable bonds is 4. The lowest BCUT2D eigenvalue weighted by Crippen LogP contribution is -2.40. The molecule has 130 valence electrons. The fourth-order valence-corrected chi connectivity index (χ4v) is 3.74. The van der Waals surface area contributed by atoms with Crippen molar-refractivity contribution in [1.29, 1.82) is 0 Å². The number of halogens is 1. The molecule has 1 saturated heterocycles. The Morgan fingerprint density at radius 1 is 1.31 bits per heavy atom. The summed E-state index contributed by atoms with van der Waals surface area (Å²) in [5.74, 6) is 0.110. The van der Waals surface area contributed by atoms with Crippen molar-refractivity contribution >= 4 is 38.4 Å². The molecule has 6 heteroatoms. The van der Waals surface area contributed by atoms with E-state index in [1.807, 2.05) is 29.7 Å². The third-order valence-corrected chi connectivity index (χ3v) is 5.27. The number of ketones is 1. The van der Waals surface area contributed by atoms with Crippen LogP contribution in [0, 0.1) is 13.5 Å². The minimum Gasteiger partial charge on any atom is -0.312 e. The number of hydrogen-bond acceptors (Lipinski definition) is 3. The topological polar surface area (TPSA) is 42.5 Å². The molecule has 2 aromatic heterocycles. The molecule has 0 atom stereocenters. The number of fused-ring (bicyclic) bond motifs is 1. The van der Waals surface area contributed by atoms with E-state index >= 15 is 0 Å². The van der Waals surface area contributed by atoms with Gasteiger partial charge in [0.25, 0.3) is 0 Å². The second-order valence-electron chi connectivity index (χ2n) is 6.50. The molecular formula is C20H17BrN4O. The van der Waals surface area contributed by atoms with Crippen LogP contribution in [0.1, 0.15) is 22.5 Å². The maximum atomic E-state index is 13.0. The number of carbonyl (C=O) groups is 1. The molecule has 1 aliphatic rings. The molecule has 3 aromatic rings. The van der Waals surface area contributed by atoms with Gasteiger partial charge in [-0.3, -0.25) is 14.7 Å². The zero-order valence-electron chi connectivity index (χ0n) is 14.4. The van der Waals surface area contributed by atoms with Gasteiger partial charge >= 0.3 is 0 Å². The summed E-state index contributed by atoms with van der Waals surface area (Å²) in [7, 11) is 0. The molecule has 0 spiro atoms. The Morgan fingerprint density at radius 3 is 2.65 bits per heavy atom. The molecule has 1 aliphatic heterocycles. The Hall–Kier alpha value is -2.49. The molecular weight excluding hydrogens is 392 g/mol. The van der Waals surface area contributed by atoms with E-state index < -0.39 is 0 Å². The Balaban J connectivity index is 1.88. The van der Waals surface area contributed by atoms with Crippen LogP contribution in [-0.2, 0) is 0 Å². The Morgan fingerprint density at radius 2 is 2.04 bits per heavy atom. The van der Waals surface area contributed by atoms with Crippen LogP contribution in [0.3, 0.4) is 0 Å². The molecule has 0 aliphatic carbocycles. The van der Waals surface area contributed by atoms with Gasteiger partial charge in [0.15, 0.2) is 11.5 Å². The van der Waals surface area contributed by atoms with Crippen LogP contribution >= 0.6 is 15.9 Å². The van der Waals surface area contributed by atoms with Crippen LogP contribution in [-0.4, -0.2) is 39.9 Å². The maximum Gasteiger partial charge on any atom is 0.187 e. The molecule has 0 radical (unpaired) electrons. The molecule has 4 rings (SSSR count). The third kappa shape index (κ3) is 2.83. The summed E-state index contributed by atoms with van der Waals surface area (Å²) in [4.78, 5) is 23.1. The van der Waals surface area contributed by atoms with Gasteiger partial charge in [0.1, 0.15) is 0 Å². The zero-order chi connectivity index (χ0) is 18.3. The number of nitrogens with zero attached hydrogens (tertiary/aromatic N) is 4. The number of Topliss-reactive ketones (excluding diaryl/α,β-unsaturated/α-hetero) is 1. The van der Waals surface area contributed by atoms with E-state index in [4.69, 9.17) is 6.57 Å². The molecule has 0 N–H and O–H groups in total. The van der Waals surface area contributed by atoms with Crippen LogP contribution in [0.25, 0.3) is 21.6 Å². The first-order valence-corrected chi connectivity index (χ1v) is 9.28. The first-order valence-electron chi connectivity index (χ1n) is 8.48. The summed E-state index contributed by atoms with van der Waals surface area (Å²) in [6, 6.07) is 9.38. The van der Waals surface area contributed by atoms with Crippen molar-refractivity contribution in [2.75, 3.05) is 19.6 Å². The van der Waals surface area contributed by atoms with Gasteiger partial charge in [-0.2, -0.15) is 0 Å². The van der Waals surface area contributed by atoms with Crippen molar-refractivity contribution in [3.05, 3.63) is 63.7 Å². The quantitative estimate of drug-likeness (QED) is 0.470. The number of carbonyl (C=O) groups excluding carboxylic acids is 1. The summed E-state index contributed by atoms with van der Waals surface area (Å²) in [5, 5.41) is 0. The van der Waals surface area contributed by atoms with E-state index in [1.165, 1.54) is 0 Å². The fraction of sp³-hybridized carbons (Fsp3) is 0.250. The lowest BCUT2D eigenvalue weighted by Gasteiger charge is -2.29. The Labute approximate surface area is 160 Å². The van der Waals surface area contributed by atoms with Crippen LogP contribution in [0.5, 0.6) is 0 Å². The van der Waals surface area contributed by atoms with Gasteiger partial charge in [0.2, 0.25) is 0 Å². The largest absolute Gasteiger partial charge is 0.312 e. The molecule has 0 saturated carbocycles. The maximum absolute atomic E-state index is 13.0. The van der Waals surface area contributed by atoms with Crippen LogP contribution in [0.2, 0.25) is 0 Å². The van der Waals surface area contributed by atoms with E-state index in [0.717, 1.165) is 46.4 Å². The molecule has 0 bridgehead atoms. The summed E-state index contributed by atoms with van der Waals surface area (Å²) < 4.78 is 2.91. The van der Waals surface area contributed by atoms with E-state index in [0.29, 0.717) is 17.8 Å². The summed E-state index contributed by atoms with van der Waals surface area (Å²) >= 11 is 3.48. The first-order chi connectivity index (χ1) is 12.6. The van der Waals surface area contributed by atoms with Gasteiger partial charge in [-0.25, -0.2) is 4.85 Å². The summed E-state index contributed by atoms with van der Waals surface area (Å²) in [5.41, 5.74) is 4.70. The van der Waals surface area contributed by atoms with Crippen LogP contribution in [0.4, 0.5) is 5.69 Å². The second kappa shape index (κ2) is 6.67. The predicted molar refractivity (Wildman–Crippen MR) is 105 cm³/mol. The van der Waals surface area contributed by atoms with Gasteiger partial charge in [-0.15, -0.1) is 0 Å². The van der Waals surface area contributed by atoms with Gasteiger partial charge in [0.05, 0.1) is 29.7 Å². The van der Waals surface area contributed by atoms with E-state index in [2.05, 4.69) is 30.7 Å². The number of benzene rings is 1. The van der Waals surface area contributed by atoms with E-state index in [-0.39, 0.29) is 5.78 Å². The highest BCUT2D eigenvalue weighted by Gasteiger charge is 2.25. The molecule has 1 fully saturated rings. The monoisotopic (exact) mass is 408 g/mol. The van der Waals surface area contributed by atoms with Crippen molar-refractivity contribution in [2.24, 2.45) is 0 Å². The Bertz CT molecular complexity index is 1040. The van der Waals surface area contributed by atoms with E-state index in [9.17, 15) is 4.79 Å². The Kier molecular flexibility index (Phi) is 4.35. The third-order valence-electron chi connectivity index (χ3n) is 4.84. The van der Waals surface area contributed by atoms with Crippen molar-refractivity contribution in [1.82, 2.24) is 14.5 Å². The number of pyridine rings is 1. The average molecular weight is 409 g/mol.